The Morgan fingerprint density at radius 1 is 0.803 bits per heavy atom. The summed E-state index contributed by atoms with van der Waals surface area (Å²) in [5, 5.41) is 45.3. The van der Waals surface area contributed by atoms with Crippen molar-refractivity contribution in [1.29, 1.82) is 0 Å². The number of carbonyl (C=O) groups excluding carboxylic acids is 2. The molecule has 66 heavy (non-hydrogen) atoms. The van der Waals surface area contributed by atoms with Crippen molar-refractivity contribution in [2.45, 2.75) is 180 Å². The van der Waals surface area contributed by atoms with Crippen molar-refractivity contribution in [1.82, 2.24) is 9.80 Å². The van der Waals surface area contributed by atoms with E-state index in [4.69, 9.17) is 37.9 Å². The number of ether oxygens (including phenoxy) is 8. The van der Waals surface area contributed by atoms with Crippen molar-refractivity contribution in [3.8, 4) is 0 Å². The Labute approximate surface area is 395 Å². The Morgan fingerprint density at radius 3 is 2.00 bits per heavy atom. The molecule has 5 aliphatic rings. The quantitative estimate of drug-likeness (QED) is 0.204. The standard InChI is InChI=1S/C46H80N2O13.C4H8O/c1-13-36-33(24-57-46-44(56-12)43(55-11)40(53)31(8)59-46)19-25(2)14-15-34(49)28(5)20-32(16-17-48-22-26(3)18-27(4)23-48)42(29(6)35(50)21-37(51)60-36)61-45-41(54)38(47(9)10)39(52)30(7)58-45;1-2-4-5-3-1/h14-15,19,26-33,35-36,38-46,50,52-54H,13,16-18,20-24H2,1-12H3;1-4H2/b15-14+,25-19+;/t26-,27+,28-,29+,30-,31-,32+,33-,35-,36-,38+,39-,40-,41-,42-,43-,44-,45+,46-;/m1./s1. The Morgan fingerprint density at radius 2 is 1.42 bits per heavy atom. The molecule has 16 heteroatoms. The summed E-state index contributed by atoms with van der Waals surface area (Å²) in [6, 6.07) is -0.684. The van der Waals surface area contributed by atoms with Gasteiger partial charge in [0.1, 0.15) is 30.5 Å². The van der Waals surface area contributed by atoms with Crippen LogP contribution in [0, 0.1) is 35.5 Å². The molecule has 5 rings (SSSR count). The number of likely N-dealkylation sites (tertiary alicyclic amines) is 1. The summed E-state index contributed by atoms with van der Waals surface area (Å²) in [4.78, 5) is 32.1. The average Bonchev–Trinajstić information content (AvgIpc) is 3.86. The molecule has 382 valence electrons. The van der Waals surface area contributed by atoms with Crippen LogP contribution in [-0.4, -0.2) is 189 Å². The predicted molar refractivity (Wildman–Crippen MR) is 249 cm³/mol. The van der Waals surface area contributed by atoms with Crippen LogP contribution < -0.4 is 0 Å². The van der Waals surface area contributed by atoms with Gasteiger partial charge >= 0.3 is 5.97 Å². The van der Waals surface area contributed by atoms with E-state index in [1.165, 1.54) is 33.5 Å². The molecule has 0 saturated carbocycles. The summed E-state index contributed by atoms with van der Waals surface area (Å²) < 4.78 is 47.6. The maximum atomic E-state index is 14.0. The number of nitrogens with zero attached hydrogens (tertiary/aromatic N) is 2. The van der Waals surface area contributed by atoms with Crippen LogP contribution in [0.15, 0.2) is 23.8 Å². The number of esters is 1. The molecule has 16 nitrogen and oxygen atoms in total. The summed E-state index contributed by atoms with van der Waals surface area (Å²) in [6.07, 6.45) is -0.404. The van der Waals surface area contributed by atoms with E-state index in [0.29, 0.717) is 31.1 Å². The van der Waals surface area contributed by atoms with E-state index in [0.717, 1.165) is 38.4 Å². The summed E-state index contributed by atoms with van der Waals surface area (Å²) in [5.41, 5.74) is 0.761. The van der Waals surface area contributed by atoms with Crippen LogP contribution in [0.4, 0.5) is 0 Å². The summed E-state index contributed by atoms with van der Waals surface area (Å²) >= 11 is 0. The van der Waals surface area contributed by atoms with E-state index in [2.05, 4.69) is 18.7 Å². The van der Waals surface area contributed by atoms with Crippen LogP contribution in [0.25, 0.3) is 0 Å². The van der Waals surface area contributed by atoms with Crippen molar-refractivity contribution < 1.29 is 67.9 Å². The van der Waals surface area contributed by atoms with Crippen molar-refractivity contribution in [3.05, 3.63) is 23.8 Å². The van der Waals surface area contributed by atoms with Crippen molar-refractivity contribution in [3.63, 3.8) is 0 Å². The molecular weight excluding hydrogens is 853 g/mol. The van der Waals surface area contributed by atoms with Gasteiger partial charge in [0.15, 0.2) is 18.4 Å². The van der Waals surface area contributed by atoms with Gasteiger partial charge in [-0.1, -0.05) is 52.3 Å². The second kappa shape index (κ2) is 27.5. The normalized spacial score (nSPS) is 42.8. The fourth-order valence-electron chi connectivity index (χ4n) is 10.5. The van der Waals surface area contributed by atoms with E-state index in [9.17, 15) is 30.0 Å². The molecule has 0 unspecified atom stereocenters. The van der Waals surface area contributed by atoms with Gasteiger partial charge in [-0.05, 0) is 104 Å². The molecule has 19 atom stereocenters. The zero-order valence-electron chi connectivity index (χ0n) is 42.2. The Kier molecular flexibility index (Phi) is 23.6. The number of hydrogen-bond donors (Lipinski definition) is 4. The zero-order chi connectivity index (χ0) is 48.8. The van der Waals surface area contributed by atoms with Gasteiger partial charge in [0.25, 0.3) is 0 Å². The Balaban J connectivity index is 0.00000178. The number of likely N-dealkylation sites (N-methyl/N-ethyl adjacent to an activating group) is 1. The number of hydrogen-bond acceptors (Lipinski definition) is 16. The van der Waals surface area contributed by atoms with Crippen LogP contribution in [-0.2, 0) is 47.5 Å². The largest absolute Gasteiger partial charge is 0.462 e. The van der Waals surface area contributed by atoms with E-state index in [-0.39, 0.29) is 24.7 Å². The third-order valence-electron chi connectivity index (χ3n) is 14.3. The summed E-state index contributed by atoms with van der Waals surface area (Å²) in [7, 11) is 6.54. The molecule has 5 aliphatic heterocycles. The van der Waals surface area contributed by atoms with E-state index in [1.54, 1.807) is 45.0 Å². The molecule has 0 amide bonds. The summed E-state index contributed by atoms with van der Waals surface area (Å²) in [5.74, 6) is -1.46. The minimum absolute atomic E-state index is 0.0427. The molecule has 0 bridgehead atoms. The lowest BCUT2D eigenvalue weighted by atomic mass is 9.79. The smallest absolute Gasteiger partial charge is 0.308 e. The SMILES string of the molecule is C1CCOC1.CC[C@H]1OC(=O)C[C@@H](O)[C@H](C)[C@@H](O[C@@H]2O[C@H](C)[C@@H](O)[C@H](N(C)C)[C@H]2O)[C@@H](CCN2C[C@H](C)C[C@H](C)C2)C[C@@H](C)C(=O)/C=C/C(C)=C/[C@@H]1CO[C@@H]1O[C@H](C)[C@@H](O)[C@@H](OC)[C@H]1OC. The van der Waals surface area contributed by atoms with Gasteiger partial charge in [-0.3, -0.25) is 9.59 Å². The Hall–Kier alpha value is -1.90. The number of allylic oxidation sites excluding steroid dienone is 3. The minimum atomic E-state index is -1.23. The van der Waals surface area contributed by atoms with Gasteiger partial charge in [-0.15, -0.1) is 0 Å². The molecule has 0 radical (unpaired) electrons. The molecule has 4 saturated heterocycles. The first-order valence-electron chi connectivity index (χ1n) is 24.7. The van der Waals surface area contributed by atoms with Gasteiger partial charge in [-0.2, -0.15) is 0 Å². The van der Waals surface area contributed by atoms with Crippen LogP contribution >= 0.6 is 0 Å². The molecule has 0 aromatic heterocycles. The van der Waals surface area contributed by atoms with Gasteiger partial charge in [0.2, 0.25) is 0 Å². The molecule has 0 spiro atoms. The van der Waals surface area contributed by atoms with Crippen LogP contribution in [0.5, 0.6) is 0 Å². The third-order valence-corrected chi connectivity index (χ3v) is 14.3. The zero-order valence-corrected chi connectivity index (χ0v) is 42.2. The first-order valence-corrected chi connectivity index (χ1v) is 24.7. The van der Waals surface area contributed by atoms with Crippen molar-refractivity contribution >= 4 is 11.8 Å². The third kappa shape index (κ3) is 16.1. The lowest BCUT2D eigenvalue weighted by Crippen LogP contribution is -2.63. The Bertz CT molecular complexity index is 1500. The average molecular weight is 941 g/mol. The molecule has 5 heterocycles. The maximum Gasteiger partial charge on any atom is 0.308 e. The lowest BCUT2D eigenvalue weighted by molar-refractivity contribution is -0.304. The van der Waals surface area contributed by atoms with Crippen LogP contribution in [0.1, 0.15) is 100 Å². The topological polar surface area (TPSA) is 195 Å². The van der Waals surface area contributed by atoms with Gasteiger partial charge in [0, 0.05) is 58.3 Å². The van der Waals surface area contributed by atoms with Crippen LogP contribution in [0.2, 0.25) is 0 Å². The first kappa shape index (κ1) is 56.7. The van der Waals surface area contributed by atoms with E-state index in [1.807, 2.05) is 33.8 Å². The number of rotatable bonds is 12. The number of cyclic esters (lactones) is 1. The fourth-order valence-corrected chi connectivity index (χ4v) is 10.5. The van der Waals surface area contributed by atoms with Gasteiger partial charge in [-0.25, -0.2) is 0 Å². The molecule has 0 aromatic rings. The number of aliphatic hydroxyl groups excluding tert-OH is 4. The number of piperidine rings is 1. The number of aliphatic hydroxyl groups is 4. The number of ketones is 1. The summed E-state index contributed by atoms with van der Waals surface area (Å²) in [6.45, 7) is 20.2. The lowest BCUT2D eigenvalue weighted by Gasteiger charge is -2.47. The first-order chi connectivity index (χ1) is 31.3. The second-order valence-electron chi connectivity index (χ2n) is 20.3. The predicted octanol–water partition coefficient (Wildman–Crippen LogP) is 4.14. The van der Waals surface area contributed by atoms with E-state index < -0.39 is 103 Å². The maximum absolute atomic E-state index is 14.0. The van der Waals surface area contributed by atoms with E-state index >= 15 is 0 Å². The van der Waals surface area contributed by atoms with Crippen molar-refractivity contribution in [2.24, 2.45) is 35.5 Å². The fraction of sp³-hybridized carbons (Fsp3) is 0.880. The number of carbonyl (C=O) groups is 2. The molecule has 0 aromatic carbocycles. The molecular formula is C50H88N2O14. The minimum Gasteiger partial charge on any atom is -0.462 e. The second-order valence-corrected chi connectivity index (χ2v) is 20.3. The highest BCUT2D eigenvalue weighted by Gasteiger charge is 2.48. The molecule has 0 aliphatic carbocycles. The van der Waals surface area contributed by atoms with Gasteiger partial charge in [0.05, 0.1) is 49.6 Å². The number of methoxy groups -OCH3 is 2. The van der Waals surface area contributed by atoms with Gasteiger partial charge < -0.3 is 68.1 Å². The molecule has 4 N–H and O–H groups in total. The highest BCUT2D eigenvalue weighted by Crippen LogP contribution is 2.36. The highest BCUT2D eigenvalue weighted by molar-refractivity contribution is 5.91. The molecule has 4 fully saturated rings. The van der Waals surface area contributed by atoms with Crippen molar-refractivity contribution in [2.75, 3.05) is 67.8 Å². The van der Waals surface area contributed by atoms with Crippen LogP contribution in [0.3, 0.4) is 0 Å². The monoisotopic (exact) mass is 941 g/mol. The highest BCUT2D eigenvalue weighted by atomic mass is 16.7.